The highest BCUT2D eigenvalue weighted by molar-refractivity contribution is 5.94. The molecule has 0 fully saturated rings. The summed E-state index contributed by atoms with van der Waals surface area (Å²) >= 11 is 0. The van der Waals surface area contributed by atoms with Crippen molar-refractivity contribution in [3.8, 4) is 22.6 Å². The van der Waals surface area contributed by atoms with Gasteiger partial charge < -0.3 is 32.4 Å². The zero-order chi connectivity index (χ0) is 24.2. The molecule has 0 amide bonds. The molecule has 8 N–H and O–H groups in total. The number of hydrogen-bond acceptors (Lipinski definition) is 8. The van der Waals surface area contributed by atoms with Gasteiger partial charge in [-0.05, 0) is 71.8 Å². The SMILES string of the molecule is Nc1cc(N)cc(C(=O)Oc2ccc(-c3ccc(OC(=O)c4cc(N)cc(N)c4)cc3)cc2)c1. The van der Waals surface area contributed by atoms with Crippen LogP contribution in [0.15, 0.2) is 84.9 Å². The number of rotatable bonds is 5. The van der Waals surface area contributed by atoms with E-state index in [9.17, 15) is 9.59 Å². The number of nitrogens with two attached hydrogens (primary N) is 4. The summed E-state index contributed by atoms with van der Waals surface area (Å²) in [5, 5.41) is 0. The zero-order valence-electron chi connectivity index (χ0n) is 18.0. The molecule has 0 atom stereocenters. The maximum atomic E-state index is 12.4. The summed E-state index contributed by atoms with van der Waals surface area (Å²) in [7, 11) is 0. The smallest absolute Gasteiger partial charge is 0.343 e. The van der Waals surface area contributed by atoms with Crippen molar-refractivity contribution in [2.45, 2.75) is 0 Å². The first kappa shape index (κ1) is 22.2. The van der Waals surface area contributed by atoms with E-state index in [2.05, 4.69) is 0 Å². The third-order valence-corrected chi connectivity index (χ3v) is 4.89. The van der Waals surface area contributed by atoms with E-state index < -0.39 is 11.9 Å². The van der Waals surface area contributed by atoms with Gasteiger partial charge in [-0.25, -0.2) is 9.59 Å². The molecule has 0 aliphatic rings. The molecule has 0 heterocycles. The number of carbonyl (C=O) groups is 2. The molecule has 8 nitrogen and oxygen atoms in total. The van der Waals surface area contributed by atoms with Crippen molar-refractivity contribution in [1.82, 2.24) is 0 Å². The van der Waals surface area contributed by atoms with Gasteiger partial charge in [0.15, 0.2) is 0 Å². The lowest BCUT2D eigenvalue weighted by molar-refractivity contribution is 0.0725. The summed E-state index contributed by atoms with van der Waals surface area (Å²) in [6.07, 6.45) is 0. The minimum Gasteiger partial charge on any atom is -0.423 e. The van der Waals surface area contributed by atoms with Crippen molar-refractivity contribution >= 4 is 34.7 Å². The van der Waals surface area contributed by atoms with E-state index >= 15 is 0 Å². The fourth-order valence-electron chi connectivity index (χ4n) is 3.35. The molecule has 0 spiro atoms. The van der Waals surface area contributed by atoms with Crippen LogP contribution in [0.25, 0.3) is 11.1 Å². The van der Waals surface area contributed by atoms with Crippen LogP contribution in [-0.2, 0) is 0 Å². The predicted octanol–water partition coefficient (Wildman–Crippen LogP) is 4.12. The number of ether oxygens (including phenoxy) is 2. The average Bonchev–Trinajstić information content (AvgIpc) is 2.79. The standard InChI is InChI=1S/C26H22N4O4/c27-19-9-17(10-20(28)13-19)25(31)33-23-5-1-15(2-6-23)16-3-7-24(8-4-16)34-26(32)18-11-21(29)14-22(30)12-18/h1-14H,27-30H2. The Balaban J connectivity index is 1.42. The van der Waals surface area contributed by atoms with Crippen molar-refractivity contribution in [2.75, 3.05) is 22.9 Å². The number of nitrogen functional groups attached to an aromatic ring is 4. The van der Waals surface area contributed by atoms with E-state index in [0.29, 0.717) is 34.2 Å². The first-order chi connectivity index (χ1) is 16.3. The van der Waals surface area contributed by atoms with Crippen LogP contribution >= 0.6 is 0 Å². The van der Waals surface area contributed by atoms with Crippen molar-refractivity contribution < 1.29 is 19.1 Å². The summed E-state index contributed by atoms with van der Waals surface area (Å²) in [5.74, 6) is -0.358. The molecule has 170 valence electrons. The second kappa shape index (κ2) is 9.25. The van der Waals surface area contributed by atoms with E-state index in [0.717, 1.165) is 11.1 Å². The van der Waals surface area contributed by atoms with Gasteiger partial charge in [0.1, 0.15) is 11.5 Å². The molecule has 0 aromatic heterocycles. The molecule has 0 aliphatic carbocycles. The van der Waals surface area contributed by atoms with E-state index in [1.54, 1.807) is 36.4 Å². The first-order valence-corrected chi connectivity index (χ1v) is 10.2. The number of anilines is 4. The number of carbonyl (C=O) groups excluding carboxylic acids is 2. The highest BCUT2D eigenvalue weighted by Gasteiger charge is 2.12. The quantitative estimate of drug-likeness (QED) is 0.199. The Bertz CT molecular complexity index is 1220. The van der Waals surface area contributed by atoms with Crippen molar-refractivity contribution in [1.29, 1.82) is 0 Å². The van der Waals surface area contributed by atoms with E-state index in [-0.39, 0.29) is 11.1 Å². The van der Waals surface area contributed by atoms with Crippen LogP contribution < -0.4 is 32.4 Å². The molecular formula is C26H22N4O4. The summed E-state index contributed by atoms with van der Waals surface area (Å²) in [5.41, 5.74) is 26.8. The number of hydrogen-bond donors (Lipinski definition) is 4. The van der Waals surface area contributed by atoms with Gasteiger partial charge in [-0.2, -0.15) is 0 Å². The first-order valence-electron chi connectivity index (χ1n) is 10.2. The van der Waals surface area contributed by atoms with Gasteiger partial charge >= 0.3 is 11.9 Å². The van der Waals surface area contributed by atoms with Crippen LogP contribution in [-0.4, -0.2) is 11.9 Å². The monoisotopic (exact) mass is 454 g/mol. The molecule has 4 aromatic carbocycles. The van der Waals surface area contributed by atoms with Crippen molar-refractivity contribution in [2.24, 2.45) is 0 Å². The maximum Gasteiger partial charge on any atom is 0.343 e. The normalized spacial score (nSPS) is 10.5. The lowest BCUT2D eigenvalue weighted by atomic mass is 10.1. The molecule has 0 bridgehead atoms. The Morgan fingerprint density at radius 3 is 1.06 bits per heavy atom. The van der Waals surface area contributed by atoms with Gasteiger partial charge in [0.25, 0.3) is 0 Å². The number of benzene rings is 4. The summed E-state index contributed by atoms with van der Waals surface area (Å²) in [6.45, 7) is 0. The summed E-state index contributed by atoms with van der Waals surface area (Å²) in [4.78, 5) is 24.7. The predicted molar refractivity (Wildman–Crippen MR) is 132 cm³/mol. The van der Waals surface area contributed by atoms with Crippen LogP contribution in [0.4, 0.5) is 22.7 Å². The Hall–Kier alpha value is -4.98. The Morgan fingerprint density at radius 1 is 0.471 bits per heavy atom. The highest BCUT2D eigenvalue weighted by Crippen LogP contribution is 2.26. The second-order valence-corrected chi connectivity index (χ2v) is 7.60. The molecule has 8 heteroatoms. The van der Waals surface area contributed by atoms with Gasteiger partial charge in [0.05, 0.1) is 11.1 Å². The minimum absolute atomic E-state index is 0.271. The lowest BCUT2D eigenvalue weighted by Gasteiger charge is -2.09. The van der Waals surface area contributed by atoms with Gasteiger partial charge in [-0.3, -0.25) is 0 Å². The van der Waals surface area contributed by atoms with Crippen LogP contribution in [0.2, 0.25) is 0 Å². The van der Waals surface area contributed by atoms with Gasteiger partial charge in [0.2, 0.25) is 0 Å². The van der Waals surface area contributed by atoms with Crippen molar-refractivity contribution in [3.05, 3.63) is 96.1 Å². The summed E-state index contributed by atoms with van der Waals surface area (Å²) in [6, 6.07) is 23.1. The third kappa shape index (κ3) is 5.25. The molecule has 0 aliphatic heterocycles. The average molecular weight is 454 g/mol. The minimum atomic E-state index is -0.556. The molecule has 34 heavy (non-hydrogen) atoms. The molecule has 4 rings (SSSR count). The van der Waals surface area contributed by atoms with Crippen LogP contribution in [0.3, 0.4) is 0 Å². The van der Waals surface area contributed by atoms with Gasteiger partial charge in [-0.15, -0.1) is 0 Å². The number of esters is 2. The molecule has 4 aromatic rings. The fraction of sp³-hybridized carbons (Fsp3) is 0. The lowest BCUT2D eigenvalue weighted by Crippen LogP contribution is -2.09. The largest absolute Gasteiger partial charge is 0.423 e. The topological polar surface area (TPSA) is 157 Å². The van der Waals surface area contributed by atoms with E-state index in [1.807, 2.05) is 24.3 Å². The van der Waals surface area contributed by atoms with Gasteiger partial charge in [-0.1, -0.05) is 24.3 Å². The van der Waals surface area contributed by atoms with Crippen LogP contribution in [0, 0.1) is 0 Å². The van der Waals surface area contributed by atoms with E-state index in [1.165, 1.54) is 24.3 Å². The van der Waals surface area contributed by atoms with Crippen molar-refractivity contribution in [3.63, 3.8) is 0 Å². The summed E-state index contributed by atoms with van der Waals surface area (Å²) < 4.78 is 10.8. The van der Waals surface area contributed by atoms with Gasteiger partial charge in [0, 0.05) is 22.7 Å². The molecule has 0 unspecified atom stereocenters. The Labute approximate surface area is 195 Å². The molecular weight excluding hydrogens is 432 g/mol. The van der Waals surface area contributed by atoms with Crippen LogP contribution in [0.1, 0.15) is 20.7 Å². The second-order valence-electron chi connectivity index (χ2n) is 7.60. The molecule has 0 saturated heterocycles. The molecule has 0 radical (unpaired) electrons. The van der Waals surface area contributed by atoms with Crippen LogP contribution in [0.5, 0.6) is 11.5 Å². The zero-order valence-corrected chi connectivity index (χ0v) is 18.0. The highest BCUT2D eigenvalue weighted by atomic mass is 16.5. The third-order valence-electron chi connectivity index (χ3n) is 4.89. The van der Waals surface area contributed by atoms with E-state index in [4.69, 9.17) is 32.4 Å². The fourth-order valence-corrected chi connectivity index (χ4v) is 3.35. The molecule has 0 saturated carbocycles. The Morgan fingerprint density at radius 2 is 0.765 bits per heavy atom. The maximum absolute atomic E-state index is 12.4. The Kier molecular flexibility index (Phi) is 6.05.